The van der Waals surface area contributed by atoms with E-state index in [2.05, 4.69) is 44.3 Å². The van der Waals surface area contributed by atoms with Gasteiger partial charge in [-0.05, 0) is 56.2 Å². The van der Waals surface area contributed by atoms with E-state index in [9.17, 15) is 0 Å². The molecule has 0 spiro atoms. The fourth-order valence-electron chi connectivity index (χ4n) is 2.33. The average molecular weight is 247 g/mol. The fourth-order valence-corrected chi connectivity index (χ4v) is 2.33. The summed E-state index contributed by atoms with van der Waals surface area (Å²) in [6.45, 7) is 7.30. The van der Waals surface area contributed by atoms with Gasteiger partial charge in [0.2, 0.25) is 0 Å². The maximum atomic E-state index is 5.85. The molecule has 1 unspecified atom stereocenters. The summed E-state index contributed by atoms with van der Waals surface area (Å²) in [5.41, 5.74) is 2.42. The van der Waals surface area contributed by atoms with Gasteiger partial charge < -0.3 is 10.1 Å². The molecule has 2 heteroatoms. The van der Waals surface area contributed by atoms with Crippen LogP contribution in [0.4, 0.5) is 5.69 Å². The Morgan fingerprint density at radius 1 is 1.33 bits per heavy atom. The number of nitrogens with one attached hydrogen (secondary N) is 1. The van der Waals surface area contributed by atoms with Crippen LogP contribution in [0.3, 0.4) is 0 Å². The normalized spacial score (nSPS) is 16.4. The monoisotopic (exact) mass is 247 g/mol. The molecule has 1 atom stereocenters. The van der Waals surface area contributed by atoms with Crippen LogP contribution in [0.15, 0.2) is 18.2 Å². The Kier molecular flexibility index (Phi) is 4.51. The minimum absolute atomic E-state index is 0.608. The highest BCUT2D eigenvalue weighted by atomic mass is 16.5. The molecule has 0 aliphatic heterocycles. The zero-order valence-electron chi connectivity index (χ0n) is 11.8. The molecule has 1 aromatic rings. The molecule has 0 saturated heterocycles. The Morgan fingerprint density at radius 3 is 2.72 bits per heavy atom. The van der Waals surface area contributed by atoms with E-state index in [0.29, 0.717) is 6.04 Å². The van der Waals surface area contributed by atoms with E-state index in [0.717, 1.165) is 30.4 Å². The SMILES string of the molecule is CCCOc1cc(C)ccc1NC(CC)C1CC1. The topological polar surface area (TPSA) is 21.3 Å². The predicted octanol–water partition coefficient (Wildman–Crippen LogP) is 4.38. The summed E-state index contributed by atoms with van der Waals surface area (Å²) in [5, 5.41) is 3.67. The molecular weight excluding hydrogens is 222 g/mol. The number of anilines is 1. The standard InChI is InChI=1S/C16H25NO/c1-4-10-18-16-11-12(3)6-9-15(16)17-14(5-2)13-7-8-13/h6,9,11,13-14,17H,4-5,7-8,10H2,1-3H3. The Balaban J connectivity index is 2.09. The van der Waals surface area contributed by atoms with Gasteiger partial charge in [0.15, 0.2) is 0 Å². The number of rotatable bonds is 7. The van der Waals surface area contributed by atoms with E-state index in [-0.39, 0.29) is 0 Å². The number of aryl methyl sites for hydroxylation is 1. The van der Waals surface area contributed by atoms with Gasteiger partial charge in [-0.3, -0.25) is 0 Å². The first kappa shape index (κ1) is 13.3. The van der Waals surface area contributed by atoms with E-state index in [1.54, 1.807) is 0 Å². The second kappa shape index (κ2) is 6.12. The number of ether oxygens (including phenoxy) is 1. The van der Waals surface area contributed by atoms with Crippen LogP contribution in [0.5, 0.6) is 5.75 Å². The highest BCUT2D eigenvalue weighted by Gasteiger charge is 2.30. The average Bonchev–Trinajstić information content (AvgIpc) is 3.19. The smallest absolute Gasteiger partial charge is 0.142 e. The first-order valence-corrected chi connectivity index (χ1v) is 7.24. The van der Waals surface area contributed by atoms with E-state index in [1.807, 2.05) is 0 Å². The van der Waals surface area contributed by atoms with Crippen molar-refractivity contribution >= 4 is 5.69 Å². The number of hydrogen-bond acceptors (Lipinski definition) is 2. The summed E-state index contributed by atoms with van der Waals surface area (Å²) in [4.78, 5) is 0. The lowest BCUT2D eigenvalue weighted by molar-refractivity contribution is 0.318. The minimum atomic E-state index is 0.608. The highest BCUT2D eigenvalue weighted by molar-refractivity contribution is 5.58. The molecule has 0 aromatic heterocycles. The highest BCUT2D eigenvalue weighted by Crippen LogP contribution is 2.37. The van der Waals surface area contributed by atoms with E-state index < -0.39 is 0 Å². The first-order valence-electron chi connectivity index (χ1n) is 7.24. The molecule has 1 aromatic carbocycles. The zero-order chi connectivity index (χ0) is 13.0. The largest absolute Gasteiger partial charge is 0.491 e. The molecular formula is C16H25NO. The van der Waals surface area contributed by atoms with Gasteiger partial charge in [0, 0.05) is 6.04 Å². The molecule has 0 heterocycles. The molecule has 0 bridgehead atoms. The van der Waals surface area contributed by atoms with Gasteiger partial charge >= 0.3 is 0 Å². The van der Waals surface area contributed by atoms with Gasteiger partial charge in [0.05, 0.1) is 12.3 Å². The van der Waals surface area contributed by atoms with Crippen LogP contribution in [-0.4, -0.2) is 12.6 Å². The maximum absolute atomic E-state index is 5.85. The third-order valence-corrected chi connectivity index (χ3v) is 3.57. The molecule has 1 fully saturated rings. The van der Waals surface area contributed by atoms with Crippen molar-refractivity contribution in [2.24, 2.45) is 5.92 Å². The van der Waals surface area contributed by atoms with Gasteiger partial charge in [-0.1, -0.05) is 19.9 Å². The minimum Gasteiger partial charge on any atom is -0.491 e. The summed E-state index contributed by atoms with van der Waals surface area (Å²) in [7, 11) is 0. The molecule has 18 heavy (non-hydrogen) atoms. The van der Waals surface area contributed by atoms with Gasteiger partial charge in [0.25, 0.3) is 0 Å². The third kappa shape index (κ3) is 3.41. The van der Waals surface area contributed by atoms with E-state index in [1.165, 1.54) is 24.8 Å². The molecule has 0 radical (unpaired) electrons. The summed E-state index contributed by atoms with van der Waals surface area (Å²) < 4.78 is 5.85. The lowest BCUT2D eigenvalue weighted by atomic mass is 10.1. The molecule has 1 aliphatic rings. The van der Waals surface area contributed by atoms with Gasteiger partial charge in [0.1, 0.15) is 5.75 Å². The Morgan fingerprint density at radius 2 is 2.11 bits per heavy atom. The molecule has 2 rings (SSSR count). The second-order valence-corrected chi connectivity index (χ2v) is 5.34. The van der Waals surface area contributed by atoms with Crippen molar-refractivity contribution in [3.05, 3.63) is 23.8 Å². The Hall–Kier alpha value is -1.18. The lowest BCUT2D eigenvalue weighted by Gasteiger charge is -2.20. The van der Waals surface area contributed by atoms with Crippen LogP contribution < -0.4 is 10.1 Å². The first-order chi connectivity index (χ1) is 8.74. The van der Waals surface area contributed by atoms with Crippen molar-refractivity contribution in [1.29, 1.82) is 0 Å². The second-order valence-electron chi connectivity index (χ2n) is 5.34. The predicted molar refractivity (Wildman–Crippen MR) is 77.4 cm³/mol. The van der Waals surface area contributed by atoms with E-state index >= 15 is 0 Å². The molecule has 1 saturated carbocycles. The van der Waals surface area contributed by atoms with Crippen LogP contribution in [0, 0.1) is 12.8 Å². The fraction of sp³-hybridized carbons (Fsp3) is 0.625. The Labute approximate surface area is 111 Å². The summed E-state index contributed by atoms with van der Waals surface area (Å²) in [6, 6.07) is 7.06. The van der Waals surface area contributed by atoms with Crippen LogP contribution >= 0.6 is 0 Å². The summed E-state index contributed by atoms with van der Waals surface area (Å²) >= 11 is 0. The lowest BCUT2D eigenvalue weighted by Crippen LogP contribution is -2.21. The molecule has 100 valence electrons. The third-order valence-electron chi connectivity index (χ3n) is 3.57. The van der Waals surface area contributed by atoms with E-state index in [4.69, 9.17) is 4.74 Å². The van der Waals surface area contributed by atoms with Crippen LogP contribution in [0.25, 0.3) is 0 Å². The van der Waals surface area contributed by atoms with Crippen molar-refractivity contribution in [2.45, 2.75) is 52.5 Å². The number of benzene rings is 1. The summed E-state index contributed by atoms with van der Waals surface area (Å²) in [6.07, 6.45) is 4.99. The zero-order valence-corrected chi connectivity index (χ0v) is 11.8. The van der Waals surface area contributed by atoms with Crippen molar-refractivity contribution < 1.29 is 4.74 Å². The van der Waals surface area contributed by atoms with Crippen LogP contribution in [0.2, 0.25) is 0 Å². The molecule has 1 aliphatic carbocycles. The maximum Gasteiger partial charge on any atom is 0.142 e. The van der Waals surface area contributed by atoms with Crippen molar-refractivity contribution in [3.63, 3.8) is 0 Å². The molecule has 0 amide bonds. The van der Waals surface area contributed by atoms with Crippen molar-refractivity contribution in [2.75, 3.05) is 11.9 Å². The molecule has 2 nitrogen and oxygen atoms in total. The van der Waals surface area contributed by atoms with Crippen molar-refractivity contribution in [3.8, 4) is 5.75 Å². The van der Waals surface area contributed by atoms with Crippen LogP contribution in [-0.2, 0) is 0 Å². The van der Waals surface area contributed by atoms with Gasteiger partial charge in [-0.2, -0.15) is 0 Å². The van der Waals surface area contributed by atoms with Crippen LogP contribution in [0.1, 0.15) is 45.1 Å². The van der Waals surface area contributed by atoms with Crippen molar-refractivity contribution in [1.82, 2.24) is 0 Å². The van der Waals surface area contributed by atoms with Gasteiger partial charge in [-0.25, -0.2) is 0 Å². The molecule has 1 N–H and O–H groups in total. The van der Waals surface area contributed by atoms with Gasteiger partial charge in [-0.15, -0.1) is 0 Å². The Bertz CT molecular complexity index is 385. The number of hydrogen-bond donors (Lipinski definition) is 1. The summed E-state index contributed by atoms with van der Waals surface area (Å²) in [5.74, 6) is 1.88. The quantitative estimate of drug-likeness (QED) is 0.772.